The molecule has 2 rings (SSSR count). The first-order chi connectivity index (χ1) is 8.16. The van der Waals surface area contributed by atoms with Gasteiger partial charge in [0.1, 0.15) is 5.82 Å². The molecule has 0 aromatic heterocycles. The summed E-state index contributed by atoms with van der Waals surface area (Å²) in [6.45, 7) is 4.97. The Morgan fingerprint density at radius 3 is 2.59 bits per heavy atom. The van der Waals surface area contributed by atoms with E-state index in [0.717, 1.165) is 38.3 Å². The third-order valence-corrected chi connectivity index (χ3v) is 3.11. The van der Waals surface area contributed by atoms with Crippen LogP contribution in [0.1, 0.15) is 5.56 Å². The van der Waals surface area contributed by atoms with Gasteiger partial charge in [-0.1, -0.05) is 6.07 Å². The molecular formula is C13H20FN3. The average molecular weight is 237 g/mol. The van der Waals surface area contributed by atoms with Crippen LogP contribution in [0.2, 0.25) is 0 Å². The van der Waals surface area contributed by atoms with Crippen molar-refractivity contribution in [1.82, 2.24) is 10.2 Å². The fourth-order valence-corrected chi connectivity index (χ4v) is 2.14. The maximum absolute atomic E-state index is 13.8. The molecule has 1 saturated heterocycles. The Balaban J connectivity index is 2.04. The number of rotatable bonds is 3. The minimum Gasteiger partial charge on any atom is -0.375 e. The van der Waals surface area contributed by atoms with Gasteiger partial charge < -0.3 is 10.2 Å². The number of nitrogens with one attached hydrogen (secondary N) is 1. The minimum atomic E-state index is -0.136. The number of hydrogen-bond donors (Lipinski definition) is 1. The fraction of sp³-hybridized carbons (Fsp3) is 0.538. The molecule has 0 spiro atoms. The van der Waals surface area contributed by atoms with E-state index in [2.05, 4.69) is 10.2 Å². The van der Waals surface area contributed by atoms with Gasteiger partial charge in [0.15, 0.2) is 0 Å². The Bertz CT molecular complexity index is 373. The summed E-state index contributed by atoms with van der Waals surface area (Å²) in [6.07, 6.45) is 0. The van der Waals surface area contributed by atoms with Gasteiger partial charge in [-0.2, -0.15) is 0 Å². The zero-order valence-electron chi connectivity index (χ0n) is 10.5. The highest BCUT2D eigenvalue weighted by Crippen LogP contribution is 2.19. The fourth-order valence-electron chi connectivity index (χ4n) is 2.14. The van der Waals surface area contributed by atoms with E-state index in [1.807, 2.05) is 26.2 Å². The Kier molecular flexibility index (Phi) is 3.97. The van der Waals surface area contributed by atoms with Crippen LogP contribution in [0, 0.1) is 5.82 Å². The monoisotopic (exact) mass is 237 g/mol. The highest BCUT2D eigenvalue weighted by atomic mass is 19.1. The highest BCUT2D eigenvalue weighted by Gasteiger charge is 2.11. The van der Waals surface area contributed by atoms with Crippen molar-refractivity contribution < 1.29 is 4.39 Å². The smallest absolute Gasteiger partial charge is 0.146 e. The Labute approximate surface area is 102 Å². The van der Waals surface area contributed by atoms with E-state index in [1.165, 1.54) is 0 Å². The Morgan fingerprint density at radius 1 is 1.29 bits per heavy atom. The second-order valence-electron chi connectivity index (χ2n) is 4.71. The molecule has 3 nitrogen and oxygen atoms in total. The van der Waals surface area contributed by atoms with Crippen molar-refractivity contribution in [2.24, 2.45) is 0 Å². The third-order valence-electron chi connectivity index (χ3n) is 3.11. The lowest BCUT2D eigenvalue weighted by molar-refractivity contribution is 0.233. The number of halogens is 1. The largest absolute Gasteiger partial charge is 0.375 e. The molecule has 0 bridgehead atoms. The molecule has 1 N–H and O–H groups in total. The Hall–Kier alpha value is -1.13. The molecule has 0 unspecified atom stereocenters. The van der Waals surface area contributed by atoms with Crippen LogP contribution in [0.15, 0.2) is 18.2 Å². The SMILES string of the molecule is CN(C)c1ccc(CN2CCNCC2)cc1F. The summed E-state index contributed by atoms with van der Waals surface area (Å²) in [6, 6.07) is 5.52. The summed E-state index contributed by atoms with van der Waals surface area (Å²) in [5, 5.41) is 3.31. The Morgan fingerprint density at radius 2 is 2.00 bits per heavy atom. The van der Waals surface area contributed by atoms with Crippen LogP contribution >= 0.6 is 0 Å². The first-order valence-corrected chi connectivity index (χ1v) is 6.05. The summed E-state index contributed by atoms with van der Waals surface area (Å²) in [5.41, 5.74) is 1.70. The van der Waals surface area contributed by atoms with E-state index in [9.17, 15) is 4.39 Å². The van der Waals surface area contributed by atoms with Crippen molar-refractivity contribution in [1.29, 1.82) is 0 Å². The summed E-state index contributed by atoms with van der Waals surface area (Å²) in [4.78, 5) is 4.14. The maximum atomic E-state index is 13.8. The molecule has 0 saturated carbocycles. The normalized spacial score (nSPS) is 17.1. The zero-order chi connectivity index (χ0) is 12.3. The second kappa shape index (κ2) is 5.47. The van der Waals surface area contributed by atoms with Gasteiger partial charge in [0.05, 0.1) is 5.69 Å². The lowest BCUT2D eigenvalue weighted by Crippen LogP contribution is -2.42. The van der Waals surface area contributed by atoms with Gasteiger partial charge in [-0.3, -0.25) is 4.90 Å². The molecular weight excluding hydrogens is 217 g/mol. The molecule has 4 heteroatoms. The molecule has 0 amide bonds. The van der Waals surface area contributed by atoms with Crippen LogP contribution < -0.4 is 10.2 Å². The predicted octanol–water partition coefficient (Wildman–Crippen LogP) is 1.30. The molecule has 94 valence electrons. The molecule has 1 aliphatic rings. The summed E-state index contributed by atoms with van der Waals surface area (Å²) in [7, 11) is 3.71. The number of hydrogen-bond acceptors (Lipinski definition) is 3. The summed E-state index contributed by atoms with van der Waals surface area (Å²) >= 11 is 0. The van der Waals surface area contributed by atoms with Crippen molar-refractivity contribution in [3.05, 3.63) is 29.6 Å². The van der Waals surface area contributed by atoms with E-state index in [4.69, 9.17) is 0 Å². The van der Waals surface area contributed by atoms with Crippen molar-refractivity contribution in [3.63, 3.8) is 0 Å². The molecule has 1 aromatic carbocycles. The molecule has 1 fully saturated rings. The minimum absolute atomic E-state index is 0.136. The third kappa shape index (κ3) is 3.17. The summed E-state index contributed by atoms with van der Waals surface area (Å²) in [5.74, 6) is -0.136. The number of anilines is 1. The van der Waals surface area contributed by atoms with E-state index >= 15 is 0 Å². The lowest BCUT2D eigenvalue weighted by atomic mass is 10.1. The van der Waals surface area contributed by atoms with Crippen LogP contribution in [0.4, 0.5) is 10.1 Å². The van der Waals surface area contributed by atoms with Crippen LogP contribution in [-0.4, -0.2) is 45.2 Å². The van der Waals surface area contributed by atoms with Gasteiger partial charge >= 0.3 is 0 Å². The van der Waals surface area contributed by atoms with E-state index < -0.39 is 0 Å². The maximum Gasteiger partial charge on any atom is 0.146 e. The highest BCUT2D eigenvalue weighted by molar-refractivity contribution is 5.47. The van der Waals surface area contributed by atoms with Crippen LogP contribution in [0.25, 0.3) is 0 Å². The van der Waals surface area contributed by atoms with Crippen molar-refractivity contribution in [2.45, 2.75) is 6.54 Å². The summed E-state index contributed by atoms with van der Waals surface area (Å²) < 4.78 is 13.8. The van der Waals surface area contributed by atoms with Crippen molar-refractivity contribution in [3.8, 4) is 0 Å². The number of piperazine rings is 1. The predicted molar refractivity (Wildman–Crippen MR) is 68.9 cm³/mol. The average Bonchev–Trinajstić information content (AvgIpc) is 2.30. The van der Waals surface area contributed by atoms with Gasteiger partial charge in [-0.25, -0.2) is 4.39 Å². The number of benzene rings is 1. The van der Waals surface area contributed by atoms with E-state index in [0.29, 0.717) is 5.69 Å². The quantitative estimate of drug-likeness (QED) is 0.855. The zero-order valence-corrected chi connectivity index (χ0v) is 10.5. The van der Waals surface area contributed by atoms with Gasteiger partial charge in [0, 0.05) is 46.8 Å². The second-order valence-corrected chi connectivity index (χ2v) is 4.71. The van der Waals surface area contributed by atoms with Gasteiger partial charge in [-0.15, -0.1) is 0 Å². The first-order valence-electron chi connectivity index (χ1n) is 6.05. The van der Waals surface area contributed by atoms with Gasteiger partial charge in [-0.05, 0) is 17.7 Å². The van der Waals surface area contributed by atoms with Crippen LogP contribution in [0.3, 0.4) is 0 Å². The molecule has 1 aliphatic heterocycles. The van der Waals surface area contributed by atoms with Gasteiger partial charge in [0.2, 0.25) is 0 Å². The number of nitrogens with zero attached hydrogens (tertiary/aromatic N) is 2. The molecule has 0 aliphatic carbocycles. The molecule has 1 aromatic rings. The standard InChI is InChI=1S/C13H20FN3/c1-16(2)13-4-3-11(9-12(13)14)10-17-7-5-15-6-8-17/h3-4,9,15H,5-8,10H2,1-2H3. The molecule has 0 atom stereocenters. The molecule has 0 radical (unpaired) electrons. The van der Waals surface area contributed by atoms with Crippen LogP contribution in [-0.2, 0) is 6.54 Å². The van der Waals surface area contributed by atoms with Crippen LogP contribution in [0.5, 0.6) is 0 Å². The van der Waals surface area contributed by atoms with Crippen molar-refractivity contribution >= 4 is 5.69 Å². The van der Waals surface area contributed by atoms with E-state index in [1.54, 1.807) is 11.0 Å². The van der Waals surface area contributed by atoms with Crippen molar-refractivity contribution in [2.75, 3.05) is 45.2 Å². The van der Waals surface area contributed by atoms with E-state index in [-0.39, 0.29) is 5.82 Å². The topological polar surface area (TPSA) is 18.5 Å². The molecule has 1 heterocycles. The molecule has 17 heavy (non-hydrogen) atoms. The van der Waals surface area contributed by atoms with Gasteiger partial charge in [0.25, 0.3) is 0 Å². The first kappa shape index (κ1) is 12.3. The lowest BCUT2D eigenvalue weighted by Gasteiger charge is -2.27.